The SMILES string of the molecule is CCCCCCCCCCCCCCCCCCOP(=O)([O-])OC=C1CCC[N+]1(C)C. The Labute approximate surface area is 192 Å². The van der Waals surface area contributed by atoms with Crippen LogP contribution in [0.25, 0.3) is 0 Å². The molecule has 31 heavy (non-hydrogen) atoms. The lowest BCUT2D eigenvalue weighted by atomic mass is 10.0. The molecule has 0 N–H and O–H groups in total. The molecule has 1 rings (SSSR count). The average molecular weight is 460 g/mol. The monoisotopic (exact) mass is 459 g/mol. The Morgan fingerprint density at radius 2 is 1.29 bits per heavy atom. The van der Waals surface area contributed by atoms with Crippen LogP contribution in [-0.2, 0) is 13.6 Å². The number of hydrogen-bond donors (Lipinski definition) is 0. The van der Waals surface area contributed by atoms with Crippen LogP contribution in [0.3, 0.4) is 0 Å². The molecule has 0 bridgehead atoms. The Bertz CT molecular complexity index is 522. The maximum atomic E-state index is 11.9. The van der Waals surface area contributed by atoms with Crippen molar-refractivity contribution in [2.75, 3.05) is 27.2 Å². The third-order valence-corrected chi connectivity index (χ3v) is 7.36. The molecule has 1 fully saturated rings. The summed E-state index contributed by atoms with van der Waals surface area (Å²) in [5.74, 6) is 0. The molecule has 1 atom stereocenters. The van der Waals surface area contributed by atoms with E-state index in [0.717, 1.165) is 44.3 Å². The smallest absolute Gasteiger partial charge is 0.319 e. The summed E-state index contributed by atoms with van der Waals surface area (Å²) >= 11 is 0. The van der Waals surface area contributed by atoms with Crippen molar-refractivity contribution in [1.29, 1.82) is 0 Å². The van der Waals surface area contributed by atoms with Crippen molar-refractivity contribution in [1.82, 2.24) is 0 Å². The molecule has 0 aromatic heterocycles. The normalized spacial score (nSPS) is 19.0. The second-order valence-corrected chi connectivity index (χ2v) is 11.2. The number of unbranched alkanes of at least 4 members (excludes halogenated alkanes) is 15. The lowest BCUT2D eigenvalue weighted by Gasteiger charge is -2.26. The quantitative estimate of drug-likeness (QED) is 0.0820. The Morgan fingerprint density at radius 3 is 1.71 bits per heavy atom. The van der Waals surface area contributed by atoms with Crippen molar-refractivity contribution in [2.45, 2.75) is 122 Å². The molecule has 1 unspecified atom stereocenters. The molecule has 1 heterocycles. The van der Waals surface area contributed by atoms with Gasteiger partial charge in [-0.15, -0.1) is 0 Å². The van der Waals surface area contributed by atoms with Crippen molar-refractivity contribution >= 4 is 7.82 Å². The van der Waals surface area contributed by atoms with Crippen LogP contribution < -0.4 is 4.89 Å². The highest BCUT2D eigenvalue weighted by molar-refractivity contribution is 7.45. The van der Waals surface area contributed by atoms with Crippen LogP contribution in [0.5, 0.6) is 0 Å². The Hall–Kier alpha value is -0.350. The van der Waals surface area contributed by atoms with E-state index in [9.17, 15) is 9.46 Å². The van der Waals surface area contributed by atoms with Gasteiger partial charge in [-0.25, -0.2) is 0 Å². The summed E-state index contributed by atoms with van der Waals surface area (Å²) in [7, 11) is -0.0981. The highest BCUT2D eigenvalue weighted by Gasteiger charge is 2.29. The third kappa shape index (κ3) is 15.2. The van der Waals surface area contributed by atoms with Gasteiger partial charge in [0.2, 0.25) is 0 Å². The van der Waals surface area contributed by atoms with Crippen LogP contribution in [-0.4, -0.2) is 31.7 Å². The summed E-state index contributed by atoms with van der Waals surface area (Å²) in [5.41, 5.74) is 1.00. The van der Waals surface area contributed by atoms with Gasteiger partial charge in [0.15, 0.2) is 0 Å². The number of hydrogen-bond acceptors (Lipinski definition) is 4. The molecule has 0 amide bonds. The number of phosphoric ester groups is 1. The summed E-state index contributed by atoms with van der Waals surface area (Å²) in [6.45, 7) is 3.51. The highest BCUT2D eigenvalue weighted by Crippen LogP contribution is 2.40. The molecule has 0 aliphatic carbocycles. The fourth-order valence-electron chi connectivity index (χ4n) is 4.29. The average Bonchev–Trinajstić information content (AvgIpc) is 3.07. The van der Waals surface area contributed by atoms with Crippen LogP contribution in [0.15, 0.2) is 12.0 Å². The summed E-state index contributed by atoms with van der Waals surface area (Å²) < 4.78 is 22.6. The molecular formula is C25H50NO4P. The molecular weight excluding hydrogens is 409 g/mol. The fraction of sp³-hybridized carbons (Fsp3) is 0.920. The van der Waals surface area contributed by atoms with Crippen LogP contribution in [0.2, 0.25) is 0 Å². The standard InChI is InChI=1S/C25H50NO4P/c1-4-5-6-7-8-9-10-11-12-13-14-15-16-17-18-19-23-29-31(27,28)30-24-25-21-20-22-26(25,2)3/h24H,4-23H2,1-3H3. The second kappa shape index (κ2) is 17.2. The molecule has 0 radical (unpaired) electrons. The molecule has 5 nitrogen and oxygen atoms in total. The molecule has 1 saturated heterocycles. The van der Waals surface area contributed by atoms with E-state index in [1.54, 1.807) is 0 Å². The van der Waals surface area contributed by atoms with Gasteiger partial charge in [0, 0.05) is 12.8 Å². The van der Waals surface area contributed by atoms with E-state index in [1.807, 2.05) is 0 Å². The minimum atomic E-state index is -4.23. The van der Waals surface area contributed by atoms with Crippen molar-refractivity contribution in [2.24, 2.45) is 0 Å². The Balaban J connectivity index is 1.87. The van der Waals surface area contributed by atoms with E-state index in [4.69, 9.17) is 9.05 Å². The van der Waals surface area contributed by atoms with Gasteiger partial charge in [-0.3, -0.25) is 9.05 Å². The van der Waals surface area contributed by atoms with E-state index in [0.29, 0.717) is 4.48 Å². The minimum Gasteiger partial charge on any atom is -0.746 e. The third-order valence-electron chi connectivity index (χ3n) is 6.49. The topological polar surface area (TPSA) is 58.6 Å². The van der Waals surface area contributed by atoms with Gasteiger partial charge in [-0.05, 0) is 6.42 Å². The fourth-order valence-corrected chi connectivity index (χ4v) is 4.95. The first-order valence-corrected chi connectivity index (χ1v) is 14.5. The zero-order chi connectivity index (χ0) is 22.8. The zero-order valence-electron chi connectivity index (χ0n) is 20.7. The molecule has 1 aliphatic heterocycles. The molecule has 0 aromatic rings. The van der Waals surface area contributed by atoms with Crippen molar-refractivity contribution in [3.63, 3.8) is 0 Å². The number of likely N-dealkylation sites (tertiary alicyclic amines) is 1. The molecule has 1 aliphatic rings. The van der Waals surface area contributed by atoms with Gasteiger partial charge >= 0.3 is 7.82 Å². The molecule has 0 saturated carbocycles. The Kier molecular flexibility index (Phi) is 15.9. The lowest BCUT2D eigenvalue weighted by Crippen LogP contribution is -2.33. The molecule has 6 heteroatoms. The van der Waals surface area contributed by atoms with Crippen LogP contribution in [0.1, 0.15) is 122 Å². The number of quaternary nitrogens is 1. The zero-order valence-corrected chi connectivity index (χ0v) is 21.6. The van der Waals surface area contributed by atoms with Crippen molar-refractivity contribution < 1.29 is 23.0 Å². The van der Waals surface area contributed by atoms with Crippen LogP contribution in [0, 0.1) is 0 Å². The van der Waals surface area contributed by atoms with E-state index in [2.05, 4.69) is 21.0 Å². The minimum absolute atomic E-state index is 0.223. The Morgan fingerprint density at radius 1 is 0.839 bits per heavy atom. The highest BCUT2D eigenvalue weighted by atomic mass is 31.2. The van der Waals surface area contributed by atoms with E-state index in [1.165, 1.54) is 89.7 Å². The van der Waals surface area contributed by atoms with Crippen LogP contribution >= 0.6 is 7.82 Å². The van der Waals surface area contributed by atoms with Gasteiger partial charge in [0.05, 0.1) is 27.2 Å². The molecule has 0 aromatic carbocycles. The number of rotatable bonds is 20. The number of allylic oxidation sites excluding steroid dienone is 1. The van der Waals surface area contributed by atoms with Gasteiger partial charge < -0.3 is 13.9 Å². The van der Waals surface area contributed by atoms with Gasteiger partial charge in [-0.1, -0.05) is 103 Å². The van der Waals surface area contributed by atoms with E-state index >= 15 is 0 Å². The first kappa shape index (κ1) is 28.7. The van der Waals surface area contributed by atoms with Crippen molar-refractivity contribution in [3.05, 3.63) is 12.0 Å². The van der Waals surface area contributed by atoms with Gasteiger partial charge in [-0.2, -0.15) is 0 Å². The predicted molar refractivity (Wildman–Crippen MR) is 128 cm³/mol. The second-order valence-electron chi connectivity index (χ2n) is 9.81. The van der Waals surface area contributed by atoms with E-state index in [-0.39, 0.29) is 6.61 Å². The maximum absolute atomic E-state index is 11.9. The maximum Gasteiger partial charge on any atom is 0.319 e. The largest absolute Gasteiger partial charge is 0.746 e. The summed E-state index contributed by atoms with van der Waals surface area (Å²) in [5, 5.41) is 0. The predicted octanol–water partition coefficient (Wildman–Crippen LogP) is 7.46. The lowest BCUT2D eigenvalue weighted by molar-refractivity contribution is -0.843. The first-order chi connectivity index (χ1) is 14.9. The van der Waals surface area contributed by atoms with E-state index < -0.39 is 7.82 Å². The first-order valence-electron chi connectivity index (χ1n) is 13.0. The van der Waals surface area contributed by atoms with Crippen molar-refractivity contribution in [3.8, 4) is 0 Å². The summed E-state index contributed by atoms with van der Waals surface area (Å²) in [4.78, 5) is 11.9. The van der Waals surface area contributed by atoms with Crippen LogP contribution in [0.4, 0.5) is 0 Å². The summed E-state index contributed by atoms with van der Waals surface area (Å²) in [6, 6.07) is 0. The molecule has 0 spiro atoms. The van der Waals surface area contributed by atoms with Gasteiger partial charge in [0.1, 0.15) is 12.0 Å². The number of phosphoric acid groups is 1. The number of nitrogens with zero attached hydrogens (tertiary/aromatic N) is 1. The summed E-state index contributed by atoms with van der Waals surface area (Å²) in [6.07, 6.45) is 24.1. The van der Waals surface area contributed by atoms with Gasteiger partial charge in [0.25, 0.3) is 0 Å². The molecule has 184 valence electrons.